The SMILES string of the molecule is CC(C)C1(CCc2ccccc2)CCCCN1. The van der Waals surface area contributed by atoms with E-state index in [1.165, 1.54) is 44.2 Å². The highest BCUT2D eigenvalue weighted by molar-refractivity contribution is 5.15. The van der Waals surface area contributed by atoms with Gasteiger partial charge in [0.15, 0.2) is 0 Å². The summed E-state index contributed by atoms with van der Waals surface area (Å²) >= 11 is 0. The van der Waals surface area contributed by atoms with Crippen molar-refractivity contribution in [1.29, 1.82) is 0 Å². The second-order valence-corrected chi connectivity index (χ2v) is 5.68. The van der Waals surface area contributed by atoms with Gasteiger partial charge in [-0.1, -0.05) is 50.6 Å². The largest absolute Gasteiger partial charge is 0.311 e. The van der Waals surface area contributed by atoms with Gasteiger partial charge in [0.25, 0.3) is 0 Å². The van der Waals surface area contributed by atoms with E-state index in [9.17, 15) is 0 Å². The van der Waals surface area contributed by atoms with Crippen LogP contribution in [0.25, 0.3) is 0 Å². The van der Waals surface area contributed by atoms with Crippen LogP contribution in [0.3, 0.4) is 0 Å². The monoisotopic (exact) mass is 231 g/mol. The Hall–Kier alpha value is -0.820. The number of rotatable bonds is 4. The number of piperidine rings is 1. The first-order chi connectivity index (χ1) is 8.23. The summed E-state index contributed by atoms with van der Waals surface area (Å²) < 4.78 is 0. The van der Waals surface area contributed by atoms with Crippen LogP contribution in [0.1, 0.15) is 45.1 Å². The van der Waals surface area contributed by atoms with Gasteiger partial charge in [0.2, 0.25) is 0 Å². The van der Waals surface area contributed by atoms with Gasteiger partial charge < -0.3 is 5.32 Å². The van der Waals surface area contributed by atoms with Crippen molar-refractivity contribution in [3.63, 3.8) is 0 Å². The van der Waals surface area contributed by atoms with Crippen LogP contribution in [0, 0.1) is 5.92 Å². The molecule has 1 unspecified atom stereocenters. The molecule has 1 heterocycles. The molecule has 1 heteroatoms. The summed E-state index contributed by atoms with van der Waals surface area (Å²) in [6.07, 6.45) is 6.55. The van der Waals surface area contributed by atoms with Crippen LogP contribution in [-0.2, 0) is 6.42 Å². The van der Waals surface area contributed by atoms with Gasteiger partial charge in [-0.05, 0) is 43.7 Å². The summed E-state index contributed by atoms with van der Waals surface area (Å²) in [6, 6.07) is 10.9. The van der Waals surface area contributed by atoms with Crippen LogP contribution < -0.4 is 5.32 Å². The Balaban J connectivity index is 1.98. The molecule has 1 aliphatic rings. The van der Waals surface area contributed by atoms with E-state index in [0.717, 1.165) is 5.92 Å². The molecule has 1 saturated heterocycles. The number of nitrogens with one attached hydrogen (secondary N) is 1. The molecule has 2 rings (SSSR count). The van der Waals surface area contributed by atoms with Crippen LogP contribution in [0.5, 0.6) is 0 Å². The predicted molar refractivity (Wildman–Crippen MR) is 74.2 cm³/mol. The van der Waals surface area contributed by atoms with Gasteiger partial charge in [-0.2, -0.15) is 0 Å². The molecule has 1 aromatic rings. The Morgan fingerprint density at radius 1 is 1.18 bits per heavy atom. The highest BCUT2D eigenvalue weighted by atomic mass is 15.0. The molecule has 1 N–H and O–H groups in total. The van der Waals surface area contributed by atoms with E-state index in [1.807, 2.05) is 0 Å². The van der Waals surface area contributed by atoms with E-state index in [0.29, 0.717) is 5.54 Å². The molecule has 1 atom stereocenters. The van der Waals surface area contributed by atoms with Crippen molar-refractivity contribution in [3.8, 4) is 0 Å². The maximum Gasteiger partial charge on any atom is 0.0207 e. The van der Waals surface area contributed by atoms with Crippen molar-refractivity contribution < 1.29 is 0 Å². The smallest absolute Gasteiger partial charge is 0.0207 e. The third kappa shape index (κ3) is 3.10. The lowest BCUT2D eigenvalue weighted by Crippen LogP contribution is -2.52. The average Bonchev–Trinajstić information content (AvgIpc) is 2.38. The Kier molecular flexibility index (Phi) is 4.22. The minimum atomic E-state index is 0.383. The van der Waals surface area contributed by atoms with E-state index >= 15 is 0 Å². The van der Waals surface area contributed by atoms with Crippen LogP contribution in [0.2, 0.25) is 0 Å². The van der Waals surface area contributed by atoms with Gasteiger partial charge >= 0.3 is 0 Å². The Morgan fingerprint density at radius 3 is 2.53 bits per heavy atom. The first-order valence-corrected chi connectivity index (χ1v) is 7.02. The lowest BCUT2D eigenvalue weighted by atomic mass is 9.75. The predicted octanol–water partition coefficient (Wildman–Crippen LogP) is 3.79. The van der Waals surface area contributed by atoms with E-state index in [1.54, 1.807) is 0 Å². The van der Waals surface area contributed by atoms with Crippen molar-refractivity contribution in [1.82, 2.24) is 5.32 Å². The summed E-state index contributed by atoms with van der Waals surface area (Å²) in [5.41, 5.74) is 1.86. The van der Waals surface area contributed by atoms with Gasteiger partial charge in [-0.15, -0.1) is 0 Å². The quantitative estimate of drug-likeness (QED) is 0.831. The Morgan fingerprint density at radius 2 is 1.94 bits per heavy atom. The summed E-state index contributed by atoms with van der Waals surface area (Å²) in [7, 11) is 0. The second kappa shape index (κ2) is 5.68. The summed E-state index contributed by atoms with van der Waals surface area (Å²) in [5, 5.41) is 3.80. The minimum Gasteiger partial charge on any atom is -0.311 e. The lowest BCUT2D eigenvalue weighted by Gasteiger charge is -2.42. The molecule has 0 aromatic heterocycles. The van der Waals surface area contributed by atoms with Crippen LogP contribution in [0.4, 0.5) is 0 Å². The number of hydrogen-bond acceptors (Lipinski definition) is 1. The topological polar surface area (TPSA) is 12.0 Å². The molecule has 1 aromatic carbocycles. The fourth-order valence-corrected chi connectivity index (χ4v) is 3.00. The molecule has 0 amide bonds. The molecule has 1 aliphatic heterocycles. The average molecular weight is 231 g/mol. The van der Waals surface area contributed by atoms with Gasteiger partial charge in [-0.3, -0.25) is 0 Å². The van der Waals surface area contributed by atoms with Gasteiger partial charge in [-0.25, -0.2) is 0 Å². The van der Waals surface area contributed by atoms with Crippen LogP contribution >= 0.6 is 0 Å². The third-order valence-electron chi connectivity index (χ3n) is 4.33. The summed E-state index contributed by atoms with van der Waals surface area (Å²) in [4.78, 5) is 0. The van der Waals surface area contributed by atoms with Crippen LogP contribution in [0.15, 0.2) is 30.3 Å². The maximum atomic E-state index is 3.80. The van der Waals surface area contributed by atoms with Gasteiger partial charge in [0, 0.05) is 5.54 Å². The molecule has 1 nitrogen and oxygen atoms in total. The van der Waals surface area contributed by atoms with Gasteiger partial charge in [0.1, 0.15) is 0 Å². The van der Waals surface area contributed by atoms with E-state index < -0.39 is 0 Å². The zero-order chi connectivity index (χ0) is 12.1. The lowest BCUT2D eigenvalue weighted by molar-refractivity contribution is 0.170. The van der Waals surface area contributed by atoms with Crippen molar-refractivity contribution in [2.45, 2.75) is 51.5 Å². The third-order valence-corrected chi connectivity index (χ3v) is 4.33. The molecule has 0 aliphatic carbocycles. The summed E-state index contributed by atoms with van der Waals surface area (Å²) in [6.45, 7) is 5.93. The molecule has 0 saturated carbocycles. The highest BCUT2D eigenvalue weighted by Gasteiger charge is 2.34. The normalized spacial score (nSPS) is 25.1. The molecule has 0 radical (unpaired) electrons. The highest BCUT2D eigenvalue weighted by Crippen LogP contribution is 2.31. The molecule has 1 fully saturated rings. The second-order valence-electron chi connectivity index (χ2n) is 5.68. The van der Waals surface area contributed by atoms with Crippen LogP contribution in [-0.4, -0.2) is 12.1 Å². The number of aryl methyl sites for hydroxylation is 1. The first-order valence-electron chi connectivity index (χ1n) is 7.02. The van der Waals surface area contributed by atoms with Crippen molar-refractivity contribution >= 4 is 0 Å². The fourth-order valence-electron chi connectivity index (χ4n) is 3.00. The van der Waals surface area contributed by atoms with E-state index in [-0.39, 0.29) is 0 Å². The Bertz CT molecular complexity index is 323. The number of hydrogen-bond donors (Lipinski definition) is 1. The van der Waals surface area contributed by atoms with Crippen molar-refractivity contribution in [2.75, 3.05) is 6.54 Å². The van der Waals surface area contributed by atoms with Crippen molar-refractivity contribution in [2.24, 2.45) is 5.92 Å². The zero-order valence-electron chi connectivity index (χ0n) is 11.2. The molecule has 0 spiro atoms. The van der Waals surface area contributed by atoms with E-state index in [2.05, 4.69) is 49.5 Å². The summed E-state index contributed by atoms with van der Waals surface area (Å²) in [5.74, 6) is 0.728. The van der Waals surface area contributed by atoms with Gasteiger partial charge in [0.05, 0.1) is 0 Å². The molecule has 0 bridgehead atoms. The first kappa shape index (κ1) is 12.6. The minimum absolute atomic E-state index is 0.383. The molecule has 17 heavy (non-hydrogen) atoms. The molecular formula is C16H25N. The van der Waals surface area contributed by atoms with E-state index in [4.69, 9.17) is 0 Å². The Labute approximate surface area is 106 Å². The van der Waals surface area contributed by atoms with Crippen molar-refractivity contribution in [3.05, 3.63) is 35.9 Å². The molecular weight excluding hydrogens is 206 g/mol. The maximum absolute atomic E-state index is 3.80. The zero-order valence-corrected chi connectivity index (χ0v) is 11.2. The fraction of sp³-hybridized carbons (Fsp3) is 0.625. The molecule has 94 valence electrons. The standard InChI is InChI=1S/C16H25N/c1-14(2)16(11-6-7-13-17-16)12-10-15-8-4-3-5-9-15/h3-5,8-9,14,17H,6-7,10-13H2,1-2H3. The number of benzene rings is 1.